The molecular weight excluding hydrogens is 346 g/mol. The summed E-state index contributed by atoms with van der Waals surface area (Å²) in [6, 6.07) is 15.6. The topological polar surface area (TPSA) is 52.6 Å². The fraction of sp³-hybridized carbons (Fsp3) is 0.478. The van der Waals surface area contributed by atoms with Gasteiger partial charge in [-0.25, -0.2) is 4.99 Å². The van der Waals surface area contributed by atoms with Gasteiger partial charge in [0.05, 0.1) is 18.8 Å². The van der Waals surface area contributed by atoms with Gasteiger partial charge in [-0.2, -0.15) is 0 Å². The fourth-order valence-electron chi connectivity index (χ4n) is 3.57. The summed E-state index contributed by atoms with van der Waals surface area (Å²) in [5.74, 6) is 0.819. The number of piperidine rings is 1. The Kier molecular flexibility index (Phi) is 7.85. The largest absolute Gasteiger partial charge is 0.357 e. The second-order valence-corrected chi connectivity index (χ2v) is 7.50. The van der Waals surface area contributed by atoms with Crippen molar-refractivity contribution in [2.24, 2.45) is 4.99 Å². The Bertz CT molecular complexity index is 726. The van der Waals surface area contributed by atoms with E-state index in [9.17, 15) is 0 Å². The monoisotopic (exact) mass is 379 g/mol. The van der Waals surface area contributed by atoms with Gasteiger partial charge in [0.2, 0.25) is 0 Å². The molecule has 1 atom stereocenters. The smallest absolute Gasteiger partial charge is 0.191 e. The molecule has 1 fully saturated rings. The highest BCUT2D eigenvalue weighted by molar-refractivity contribution is 5.79. The molecule has 0 amide bonds. The van der Waals surface area contributed by atoms with Crippen molar-refractivity contribution >= 4 is 5.96 Å². The van der Waals surface area contributed by atoms with Gasteiger partial charge in [-0.3, -0.25) is 9.88 Å². The molecule has 5 heteroatoms. The summed E-state index contributed by atoms with van der Waals surface area (Å²) in [5.41, 5.74) is 3.62. The molecule has 5 nitrogen and oxygen atoms in total. The number of aliphatic imine (C=N–C) groups is 1. The van der Waals surface area contributed by atoms with Gasteiger partial charge < -0.3 is 10.6 Å². The van der Waals surface area contributed by atoms with Crippen molar-refractivity contribution in [1.82, 2.24) is 20.5 Å². The van der Waals surface area contributed by atoms with Gasteiger partial charge in [-0.05, 0) is 56.5 Å². The normalized spacial score (nSPS) is 18.1. The van der Waals surface area contributed by atoms with Crippen LogP contribution in [0, 0.1) is 0 Å². The molecule has 0 saturated carbocycles. The maximum atomic E-state index is 4.71. The first kappa shape index (κ1) is 20.3. The molecule has 1 aromatic heterocycles. The van der Waals surface area contributed by atoms with E-state index in [2.05, 4.69) is 58.6 Å². The summed E-state index contributed by atoms with van der Waals surface area (Å²) in [5, 5.41) is 6.65. The van der Waals surface area contributed by atoms with Crippen LogP contribution < -0.4 is 10.6 Å². The van der Waals surface area contributed by atoms with Crippen molar-refractivity contribution in [3.63, 3.8) is 0 Å². The number of hydrogen-bond donors (Lipinski definition) is 2. The van der Waals surface area contributed by atoms with Crippen LogP contribution in [-0.4, -0.2) is 35.0 Å². The number of rotatable bonds is 7. The van der Waals surface area contributed by atoms with Crippen LogP contribution >= 0.6 is 0 Å². The van der Waals surface area contributed by atoms with E-state index in [0.29, 0.717) is 19.1 Å². The molecule has 1 unspecified atom stereocenters. The second-order valence-electron chi connectivity index (χ2n) is 7.50. The van der Waals surface area contributed by atoms with Gasteiger partial charge in [-0.15, -0.1) is 0 Å². The molecule has 0 spiro atoms. The van der Waals surface area contributed by atoms with Crippen LogP contribution in [0.4, 0.5) is 0 Å². The molecule has 3 rings (SSSR count). The summed E-state index contributed by atoms with van der Waals surface area (Å²) in [6.07, 6.45) is 5.84. The van der Waals surface area contributed by atoms with Gasteiger partial charge in [0, 0.05) is 25.3 Å². The summed E-state index contributed by atoms with van der Waals surface area (Å²) < 4.78 is 0. The summed E-state index contributed by atoms with van der Waals surface area (Å²) in [4.78, 5) is 11.7. The average Bonchev–Trinajstić information content (AvgIpc) is 2.73. The van der Waals surface area contributed by atoms with E-state index < -0.39 is 0 Å². The van der Waals surface area contributed by atoms with Crippen molar-refractivity contribution in [1.29, 1.82) is 0 Å². The van der Waals surface area contributed by atoms with E-state index in [4.69, 9.17) is 4.99 Å². The minimum atomic E-state index is 0.665. The Labute approximate surface area is 169 Å². The Balaban J connectivity index is 1.53. The Morgan fingerprint density at radius 2 is 1.93 bits per heavy atom. The van der Waals surface area contributed by atoms with Gasteiger partial charge >= 0.3 is 0 Å². The molecular formula is C23H33N5. The molecule has 1 saturated heterocycles. The zero-order valence-corrected chi connectivity index (χ0v) is 17.2. The Morgan fingerprint density at radius 3 is 2.64 bits per heavy atom. The van der Waals surface area contributed by atoms with Crippen LogP contribution in [0.5, 0.6) is 0 Å². The van der Waals surface area contributed by atoms with Crippen molar-refractivity contribution in [2.75, 3.05) is 13.1 Å². The lowest BCUT2D eigenvalue weighted by Crippen LogP contribution is -2.37. The zero-order chi connectivity index (χ0) is 19.6. The molecule has 2 aromatic rings. The highest BCUT2D eigenvalue weighted by Crippen LogP contribution is 2.19. The van der Waals surface area contributed by atoms with E-state index in [0.717, 1.165) is 24.7 Å². The first-order chi connectivity index (χ1) is 13.7. The zero-order valence-electron chi connectivity index (χ0n) is 17.2. The predicted octanol–water partition coefficient (Wildman–Crippen LogP) is 3.71. The number of guanidine groups is 1. The van der Waals surface area contributed by atoms with Crippen LogP contribution in [-0.2, 0) is 19.6 Å². The molecule has 2 N–H and O–H groups in total. The number of nitrogens with one attached hydrogen (secondary N) is 2. The van der Waals surface area contributed by atoms with Crippen molar-refractivity contribution in [3.05, 3.63) is 65.5 Å². The molecule has 0 bridgehead atoms. The lowest BCUT2D eigenvalue weighted by molar-refractivity contribution is 0.152. The maximum Gasteiger partial charge on any atom is 0.191 e. The third kappa shape index (κ3) is 6.34. The van der Waals surface area contributed by atoms with Crippen LogP contribution in [0.2, 0.25) is 0 Å². The standard InChI is InChI=1S/C23H33N5/c1-3-24-23(27-17-22-9-4-6-14-25-22)26-16-20-10-12-21(13-11-20)18-28-15-7-5-8-19(28)2/h4,6,9-14,19H,3,5,7-8,15-18H2,1-2H3,(H2,24,26,27). The quantitative estimate of drug-likeness (QED) is 0.569. The van der Waals surface area contributed by atoms with E-state index in [1.165, 1.54) is 36.9 Å². The van der Waals surface area contributed by atoms with Crippen LogP contribution in [0.3, 0.4) is 0 Å². The summed E-state index contributed by atoms with van der Waals surface area (Å²) in [7, 11) is 0. The molecule has 150 valence electrons. The number of pyridine rings is 1. The maximum absolute atomic E-state index is 4.71. The van der Waals surface area contributed by atoms with Crippen LogP contribution in [0.1, 0.15) is 49.9 Å². The fourth-order valence-corrected chi connectivity index (χ4v) is 3.57. The van der Waals surface area contributed by atoms with E-state index >= 15 is 0 Å². The minimum absolute atomic E-state index is 0.665. The molecule has 1 aliphatic rings. The number of hydrogen-bond acceptors (Lipinski definition) is 3. The van der Waals surface area contributed by atoms with Crippen molar-refractivity contribution in [3.8, 4) is 0 Å². The molecule has 0 radical (unpaired) electrons. The third-order valence-corrected chi connectivity index (χ3v) is 5.28. The van der Waals surface area contributed by atoms with Crippen LogP contribution in [0.15, 0.2) is 53.7 Å². The molecule has 28 heavy (non-hydrogen) atoms. The minimum Gasteiger partial charge on any atom is -0.357 e. The number of benzene rings is 1. The SMILES string of the molecule is CCNC(=NCc1ccc(CN2CCCCC2C)cc1)NCc1ccccn1. The molecule has 1 aromatic carbocycles. The van der Waals surface area contributed by atoms with E-state index in [-0.39, 0.29) is 0 Å². The Morgan fingerprint density at radius 1 is 1.11 bits per heavy atom. The number of likely N-dealkylation sites (tertiary alicyclic amines) is 1. The first-order valence-electron chi connectivity index (χ1n) is 10.5. The van der Waals surface area contributed by atoms with Gasteiger partial charge in [-0.1, -0.05) is 36.8 Å². The highest BCUT2D eigenvalue weighted by atomic mass is 15.2. The summed E-state index contributed by atoms with van der Waals surface area (Å²) in [6.45, 7) is 8.87. The van der Waals surface area contributed by atoms with Crippen molar-refractivity contribution in [2.45, 2.75) is 58.8 Å². The second kappa shape index (κ2) is 10.8. The van der Waals surface area contributed by atoms with Gasteiger partial charge in [0.15, 0.2) is 5.96 Å². The predicted molar refractivity (Wildman–Crippen MR) is 116 cm³/mol. The lowest BCUT2D eigenvalue weighted by atomic mass is 10.0. The Hall–Kier alpha value is -2.40. The molecule has 1 aliphatic heterocycles. The van der Waals surface area contributed by atoms with E-state index in [1.807, 2.05) is 24.4 Å². The highest BCUT2D eigenvalue weighted by Gasteiger charge is 2.17. The average molecular weight is 380 g/mol. The molecule has 0 aliphatic carbocycles. The number of aromatic nitrogens is 1. The van der Waals surface area contributed by atoms with Gasteiger partial charge in [0.25, 0.3) is 0 Å². The van der Waals surface area contributed by atoms with Gasteiger partial charge in [0.1, 0.15) is 0 Å². The van der Waals surface area contributed by atoms with Crippen LogP contribution in [0.25, 0.3) is 0 Å². The third-order valence-electron chi connectivity index (χ3n) is 5.28. The summed E-state index contributed by atoms with van der Waals surface area (Å²) >= 11 is 0. The lowest BCUT2D eigenvalue weighted by Gasteiger charge is -2.33. The van der Waals surface area contributed by atoms with E-state index in [1.54, 1.807) is 0 Å². The van der Waals surface area contributed by atoms with Crippen molar-refractivity contribution < 1.29 is 0 Å². The molecule has 2 heterocycles. The number of nitrogens with zero attached hydrogens (tertiary/aromatic N) is 3. The first-order valence-corrected chi connectivity index (χ1v) is 10.5.